The average molecular weight is 653 g/mol. The third-order valence-corrected chi connectivity index (χ3v) is 8.43. The number of aromatic nitrogens is 1. The van der Waals surface area contributed by atoms with Crippen LogP contribution in [-0.4, -0.2) is 87.7 Å². The second-order valence-corrected chi connectivity index (χ2v) is 13.7. The first-order chi connectivity index (χ1) is 22.2. The Hall–Kier alpha value is -4.42. The normalized spacial score (nSPS) is 25.0. The Bertz CT molecular complexity index is 1500. The number of carbonyl (C=O) groups excluding carboxylic acids is 6. The number of H-pyrrole nitrogens is 1. The van der Waals surface area contributed by atoms with Gasteiger partial charge in [-0.25, -0.2) is 0 Å². The third kappa shape index (κ3) is 8.89. The Kier molecular flexibility index (Phi) is 11.3. The van der Waals surface area contributed by atoms with Gasteiger partial charge in [0, 0.05) is 30.1 Å². The molecule has 2 saturated heterocycles. The van der Waals surface area contributed by atoms with Gasteiger partial charge in [-0.15, -0.1) is 0 Å². The van der Waals surface area contributed by atoms with Crippen LogP contribution in [0.3, 0.4) is 0 Å². The van der Waals surface area contributed by atoms with E-state index in [1.807, 2.05) is 31.2 Å². The molecule has 2 fully saturated rings. The molecule has 5 N–H and O–H groups in total. The minimum absolute atomic E-state index is 0.0583. The maximum Gasteiger partial charge on any atom is 0.308 e. The molecule has 0 aliphatic carbocycles. The quantitative estimate of drug-likeness (QED) is 0.283. The first-order valence-corrected chi connectivity index (χ1v) is 16.5. The number of rotatable bonds is 7. The highest BCUT2D eigenvalue weighted by Gasteiger charge is 2.42. The second-order valence-electron chi connectivity index (χ2n) is 13.7. The largest absolute Gasteiger partial charge is 0.460 e. The predicted octanol–water partition coefficient (Wildman–Crippen LogP) is 1.84. The standard InChI is InChI=1S/C34H48N6O7/c1-7-11-23-29(42)37-24(16-20-18-35-22-13-9-8-12-21(20)22)30(43)38-25(17-27(41)47-34(4,5)6)33(46)40-15-10-14-26(40)31(44)39-28(19(2)3)32(45)36-23/h8-9,12-13,18-19,23-26,28,35H,7,10-11,14-17H2,1-6H3,(H,36,45)(H,37,42)(H,38,43)(H,39,44)/t23-,24+,25+,26-,28+/m0/s1. The van der Waals surface area contributed by atoms with Crippen molar-refractivity contribution in [2.45, 2.75) is 116 Å². The molecule has 0 radical (unpaired) electrons. The van der Waals surface area contributed by atoms with Gasteiger partial charge >= 0.3 is 5.97 Å². The summed E-state index contributed by atoms with van der Waals surface area (Å²) in [6.07, 6.45) is 3.05. The number of ether oxygens (including phenoxy) is 1. The number of esters is 1. The molecule has 13 nitrogen and oxygen atoms in total. The molecule has 4 rings (SSSR count). The summed E-state index contributed by atoms with van der Waals surface area (Å²) in [5, 5.41) is 12.0. The van der Waals surface area contributed by atoms with Crippen LogP contribution in [0.4, 0.5) is 0 Å². The van der Waals surface area contributed by atoms with Crippen molar-refractivity contribution in [3.8, 4) is 0 Å². The fourth-order valence-corrected chi connectivity index (χ4v) is 6.13. The molecule has 1 aromatic heterocycles. The van der Waals surface area contributed by atoms with Gasteiger partial charge in [0.25, 0.3) is 0 Å². The van der Waals surface area contributed by atoms with Crippen LogP contribution < -0.4 is 21.3 Å². The van der Waals surface area contributed by atoms with E-state index in [0.717, 1.165) is 16.5 Å². The van der Waals surface area contributed by atoms with Crippen LogP contribution in [0, 0.1) is 5.92 Å². The van der Waals surface area contributed by atoms with E-state index >= 15 is 0 Å². The predicted molar refractivity (Wildman–Crippen MR) is 175 cm³/mol. The van der Waals surface area contributed by atoms with Crippen molar-refractivity contribution < 1.29 is 33.5 Å². The molecule has 2 aromatic rings. The van der Waals surface area contributed by atoms with Crippen LogP contribution in [0.1, 0.15) is 79.2 Å². The van der Waals surface area contributed by atoms with Gasteiger partial charge in [0.05, 0.1) is 6.42 Å². The highest BCUT2D eigenvalue weighted by molar-refractivity contribution is 5.99. The molecule has 0 bridgehead atoms. The van der Waals surface area contributed by atoms with Gasteiger partial charge in [-0.1, -0.05) is 45.4 Å². The Balaban J connectivity index is 1.76. The maximum absolute atomic E-state index is 14.1. The van der Waals surface area contributed by atoms with Gasteiger partial charge < -0.3 is 35.9 Å². The number of nitrogens with zero attached hydrogens (tertiary/aromatic N) is 1. The van der Waals surface area contributed by atoms with Crippen LogP contribution in [0.15, 0.2) is 30.5 Å². The summed E-state index contributed by atoms with van der Waals surface area (Å²) in [7, 11) is 0. The van der Waals surface area contributed by atoms with E-state index in [2.05, 4.69) is 26.3 Å². The second kappa shape index (κ2) is 15.0. The first-order valence-electron chi connectivity index (χ1n) is 16.5. The van der Waals surface area contributed by atoms with Gasteiger partial charge in [-0.05, 0) is 57.6 Å². The van der Waals surface area contributed by atoms with E-state index in [0.29, 0.717) is 19.3 Å². The van der Waals surface area contributed by atoms with E-state index in [1.165, 1.54) is 4.90 Å². The molecule has 0 saturated carbocycles. The van der Waals surface area contributed by atoms with Crippen LogP contribution in [0.2, 0.25) is 0 Å². The molecule has 256 valence electrons. The summed E-state index contributed by atoms with van der Waals surface area (Å²) >= 11 is 0. The van der Waals surface area contributed by atoms with E-state index in [4.69, 9.17) is 4.74 Å². The number of para-hydroxylation sites is 1. The molecule has 0 spiro atoms. The minimum Gasteiger partial charge on any atom is -0.460 e. The number of fused-ring (bicyclic) bond motifs is 2. The summed E-state index contributed by atoms with van der Waals surface area (Å²) in [5.74, 6) is -3.98. The van der Waals surface area contributed by atoms with Gasteiger partial charge in [0.2, 0.25) is 29.5 Å². The molecule has 2 aliphatic heterocycles. The number of carbonyl (C=O) groups is 6. The minimum atomic E-state index is -1.37. The Morgan fingerprint density at radius 1 is 0.915 bits per heavy atom. The summed E-state index contributed by atoms with van der Waals surface area (Å²) < 4.78 is 5.49. The molecule has 5 amide bonds. The van der Waals surface area contributed by atoms with Gasteiger partial charge in [0.1, 0.15) is 35.8 Å². The number of aromatic amines is 1. The van der Waals surface area contributed by atoms with Crippen LogP contribution in [0.25, 0.3) is 10.9 Å². The zero-order chi connectivity index (χ0) is 34.5. The smallest absolute Gasteiger partial charge is 0.308 e. The summed E-state index contributed by atoms with van der Waals surface area (Å²) in [4.78, 5) is 86.6. The Morgan fingerprint density at radius 2 is 1.57 bits per heavy atom. The van der Waals surface area contributed by atoms with Crippen LogP contribution in [0.5, 0.6) is 0 Å². The molecular weight excluding hydrogens is 604 g/mol. The summed E-state index contributed by atoms with van der Waals surface area (Å²) in [6.45, 7) is 10.7. The topological polar surface area (TPSA) is 179 Å². The van der Waals surface area contributed by atoms with E-state index < -0.39 is 77.7 Å². The number of hydrogen-bond donors (Lipinski definition) is 5. The molecule has 3 heterocycles. The van der Waals surface area contributed by atoms with Crippen molar-refractivity contribution in [3.63, 3.8) is 0 Å². The van der Waals surface area contributed by atoms with Gasteiger partial charge in [-0.2, -0.15) is 0 Å². The highest BCUT2D eigenvalue weighted by Crippen LogP contribution is 2.23. The zero-order valence-corrected chi connectivity index (χ0v) is 28.1. The number of benzene rings is 1. The van der Waals surface area contributed by atoms with Crippen molar-refractivity contribution in [2.24, 2.45) is 5.92 Å². The van der Waals surface area contributed by atoms with E-state index in [-0.39, 0.29) is 25.3 Å². The SMILES string of the molecule is CCC[C@@H]1NC(=O)[C@@H](C(C)C)NC(=O)[C@@H]2CCCN2C(=O)[C@@H](CC(=O)OC(C)(C)C)NC(=O)[C@@H](Cc2c[nH]c3ccccc23)NC1=O. The molecule has 13 heteroatoms. The molecule has 5 atom stereocenters. The first kappa shape index (κ1) is 35.4. The van der Waals surface area contributed by atoms with Crippen molar-refractivity contribution >= 4 is 46.4 Å². The van der Waals surface area contributed by atoms with Crippen molar-refractivity contribution in [2.75, 3.05) is 6.54 Å². The third-order valence-electron chi connectivity index (χ3n) is 8.43. The number of amides is 5. The van der Waals surface area contributed by atoms with E-state index in [1.54, 1.807) is 40.8 Å². The fourth-order valence-electron chi connectivity index (χ4n) is 6.13. The molecule has 0 unspecified atom stereocenters. The zero-order valence-electron chi connectivity index (χ0n) is 28.1. The maximum atomic E-state index is 14.1. The van der Waals surface area contributed by atoms with Crippen molar-refractivity contribution in [1.29, 1.82) is 0 Å². The van der Waals surface area contributed by atoms with Gasteiger partial charge in [0.15, 0.2) is 0 Å². The van der Waals surface area contributed by atoms with Crippen molar-refractivity contribution in [3.05, 3.63) is 36.0 Å². The molecular formula is C34H48N6O7. The number of nitrogens with one attached hydrogen (secondary N) is 5. The fraction of sp³-hybridized carbons (Fsp3) is 0.588. The Morgan fingerprint density at radius 3 is 2.26 bits per heavy atom. The lowest BCUT2D eigenvalue weighted by Gasteiger charge is -2.31. The average Bonchev–Trinajstić information content (AvgIpc) is 3.64. The number of hydrogen-bond acceptors (Lipinski definition) is 7. The molecule has 47 heavy (non-hydrogen) atoms. The lowest BCUT2D eigenvalue weighted by molar-refractivity contribution is -0.158. The van der Waals surface area contributed by atoms with Gasteiger partial charge in [-0.3, -0.25) is 28.8 Å². The lowest BCUT2D eigenvalue weighted by Crippen LogP contribution is -2.58. The van der Waals surface area contributed by atoms with Crippen molar-refractivity contribution in [1.82, 2.24) is 31.2 Å². The highest BCUT2D eigenvalue weighted by atomic mass is 16.6. The Labute approximate surface area is 275 Å². The monoisotopic (exact) mass is 652 g/mol. The summed E-state index contributed by atoms with van der Waals surface area (Å²) in [5.41, 5.74) is 0.753. The van der Waals surface area contributed by atoms with Crippen LogP contribution >= 0.6 is 0 Å². The van der Waals surface area contributed by atoms with E-state index in [9.17, 15) is 28.8 Å². The molecule has 2 aliphatic rings. The summed E-state index contributed by atoms with van der Waals surface area (Å²) in [6, 6.07) is 2.11. The molecule has 1 aromatic carbocycles. The lowest BCUT2D eigenvalue weighted by atomic mass is 10.0. The van der Waals surface area contributed by atoms with Crippen LogP contribution in [-0.2, 0) is 39.9 Å².